The minimum Gasteiger partial charge on any atom is -0.472 e. The monoisotopic (exact) mass is 259 g/mol. The molecule has 1 rings (SSSR count). The Morgan fingerprint density at radius 3 is 2.86 bits per heavy atom. The van der Waals surface area contributed by atoms with E-state index in [0.717, 1.165) is 6.42 Å². The van der Waals surface area contributed by atoms with Crippen molar-refractivity contribution in [3.8, 4) is 0 Å². The fraction of sp³-hybridized carbons (Fsp3) is 0.500. The van der Waals surface area contributed by atoms with Gasteiger partial charge in [-0.15, -0.1) is 0 Å². The summed E-state index contributed by atoms with van der Waals surface area (Å²) in [6.07, 6.45) is 3.84. The molecular formula is C10H14BrNO2. The van der Waals surface area contributed by atoms with Crippen LogP contribution in [0.3, 0.4) is 0 Å². The fourth-order valence-corrected chi connectivity index (χ4v) is 1.81. The van der Waals surface area contributed by atoms with Gasteiger partial charge in [-0.25, -0.2) is 0 Å². The van der Waals surface area contributed by atoms with E-state index >= 15 is 0 Å². The Labute approximate surface area is 92.0 Å². The van der Waals surface area contributed by atoms with Gasteiger partial charge in [-0.05, 0) is 19.4 Å². The van der Waals surface area contributed by atoms with Gasteiger partial charge in [0.1, 0.15) is 6.26 Å². The van der Waals surface area contributed by atoms with Crippen LogP contribution in [0.5, 0.6) is 0 Å². The molecule has 1 N–H and O–H groups in total. The highest BCUT2D eigenvalue weighted by molar-refractivity contribution is 9.09. The molecule has 0 fully saturated rings. The molecule has 0 aliphatic rings. The Balaban J connectivity index is 2.41. The Morgan fingerprint density at radius 2 is 2.36 bits per heavy atom. The van der Waals surface area contributed by atoms with Crippen molar-refractivity contribution in [1.82, 2.24) is 5.32 Å². The quantitative estimate of drug-likeness (QED) is 0.845. The van der Waals surface area contributed by atoms with Gasteiger partial charge in [-0.3, -0.25) is 4.79 Å². The second-order valence-corrected chi connectivity index (χ2v) is 4.97. The Hall–Kier alpha value is -0.770. The van der Waals surface area contributed by atoms with Gasteiger partial charge in [-0.1, -0.05) is 22.9 Å². The number of hydrogen-bond donors (Lipinski definition) is 1. The van der Waals surface area contributed by atoms with Crippen LogP contribution in [0.2, 0.25) is 0 Å². The third kappa shape index (κ3) is 3.54. The van der Waals surface area contributed by atoms with E-state index in [0.29, 0.717) is 10.4 Å². The van der Waals surface area contributed by atoms with Crippen molar-refractivity contribution in [2.24, 2.45) is 0 Å². The molecule has 0 saturated carbocycles. The first kappa shape index (κ1) is 11.3. The highest BCUT2D eigenvalue weighted by Crippen LogP contribution is 2.07. The molecular weight excluding hydrogens is 246 g/mol. The third-order valence-electron chi connectivity index (χ3n) is 1.84. The summed E-state index contributed by atoms with van der Waals surface area (Å²) in [7, 11) is 0. The number of alkyl halides is 1. The second-order valence-electron chi connectivity index (χ2n) is 3.40. The molecule has 1 heterocycles. The maximum absolute atomic E-state index is 11.5. The summed E-state index contributed by atoms with van der Waals surface area (Å²) in [4.78, 5) is 11.9. The van der Waals surface area contributed by atoms with Gasteiger partial charge >= 0.3 is 0 Å². The number of nitrogens with one attached hydrogen (secondary N) is 1. The summed E-state index contributed by atoms with van der Waals surface area (Å²) in [5, 5.41) is 2.88. The summed E-state index contributed by atoms with van der Waals surface area (Å²) in [5.74, 6) is -0.0839. The molecule has 0 aliphatic heterocycles. The van der Waals surface area contributed by atoms with Crippen LogP contribution in [0.1, 0.15) is 30.6 Å². The molecule has 1 amide bonds. The predicted molar refractivity (Wildman–Crippen MR) is 58.6 cm³/mol. The van der Waals surface area contributed by atoms with Crippen molar-refractivity contribution in [2.45, 2.75) is 31.1 Å². The van der Waals surface area contributed by atoms with Crippen LogP contribution in [0.15, 0.2) is 23.0 Å². The van der Waals surface area contributed by atoms with Crippen LogP contribution < -0.4 is 5.32 Å². The van der Waals surface area contributed by atoms with E-state index in [-0.39, 0.29) is 11.9 Å². The van der Waals surface area contributed by atoms with Gasteiger partial charge in [0, 0.05) is 10.9 Å². The van der Waals surface area contributed by atoms with Crippen LogP contribution >= 0.6 is 15.9 Å². The topological polar surface area (TPSA) is 42.2 Å². The smallest absolute Gasteiger partial charge is 0.254 e. The Bertz CT molecular complexity index is 282. The molecule has 0 aliphatic carbocycles. The molecule has 0 saturated heterocycles. The number of furan rings is 1. The Kier molecular flexibility index (Phi) is 4.20. The molecule has 78 valence electrons. The summed E-state index contributed by atoms with van der Waals surface area (Å²) in [6.45, 7) is 4.04. The van der Waals surface area contributed by atoms with Crippen LogP contribution in [-0.2, 0) is 0 Å². The van der Waals surface area contributed by atoms with Crippen LogP contribution in [-0.4, -0.2) is 16.8 Å². The minimum absolute atomic E-state index is 0.0839. The fourth-order valence-electron chi connectivity index (χ4n) is 1.25. The highest BCUT2D eigenvalue weighted by atomic mass is 79.9. The number of halogens is 1. The van der Waals surface area contributed by atoms with Gasteiger partial charge in [0.2, 0.25) is 0 Å². The zero-order chi connectivity index (χ0) is 10.6. The molecule has 0 bridgehead atoms. The molecule has 2 atom stereocenters. The van der Waals surface area contributed by atoms with E-state index in [1.807, 2.05) is 6.92 Å². The van der Waals surface area contributed by atoms with E-state index in [9.17, 15) is 4.79 Å². The zero-order valence-electron chi connectivity index (χ0n) is 8.29. The molecule has 2 unspecified atom stereocenters. The van der Waals surface area contributed by atoms with E-state index in [2.05, 4.69) is 28.2 Å². The van der Waals surface area contributed by atoms with Crippen LogP contribution in [0.4, 0.5) is 0 Å². The lowest BCUT2D eigenvalue weighted by Crippen LogP contribution is -2.33. The van der Waals surface area contributed by atoms with Gasteiger partial charge in [0.05, 0.1) is 11.8 Å². The van der Waals surface area contributed by atoms with Gasteiger partial charge in [-0.2, -0.15) is 0 Å². The average molecular weight is 260 g/mol. The first-order valence-corrected chi connectivity index (χ1v) is 5.48. The van der Waals surface area contributed by atoms with Crippen molar-refractivity contribution in [1.29, 1.82) is 0 Å². The van der Waals surface area contributed by atoms with Crippen molar-refractivity contribution < 1.29 is 9.21 Å². The lowest BCUT2D eigenvalue weighted by Gasteiger charge is -2.14. The first-order chi connectivity index (χ1) is 6.59. The van der Waals surface area contributed by atoms with E-state index in [1.165, 1.54) is 12.5 Å². The summed E-state index contributed by atoms with van der Waals surface area (Å²) in [6, 6.07) is 1.81. The maximum Gasteiger partial charge on any atom is 0.254 e. The normalized spacial score (nSPS) is 14.8. The molecule has 0 spiro atoms. The van der Waals surface area contributed by atoms with Gasteiger partial charge in [0.25, 0.3) is 5.91 Å². The van der Waals surface area contributed by atoms with Crippen molar-refractivity contribution >= 4 is 21.8 Å². The summed E-state index contributed by atoms with van der Waals surface area (Å²) >= 11 is 3.44. The highest BCUT2D eigenvalue weighted by Gasteiger charge is 2.11. The lowest BCUT2D eigenvalue weighted by atomic mass is 10.2. The molecule has 14 heavy (non-hydrogen) atoms. The average Bonchev–Trinajstić information content (AvgIpc) is 2.53. The molecule has 3 nitrogen and oxygen atoms in total. The van der Waals surface area contributed by atoms with Crippen LogP contribution in [0, 0.1) is 0 Å². The van der Waals surface area contributed by atoms with Crippen molar-refractivity contribution in [3.63, 3.8) is 0 Å². The molecule has 4 heteroatoms. The second kappa shape index (κ2) is 5.20. The summed E-state index contributed by atoms with van der Waals surface area (Å²) in [5.41, 5.74) is 0.569. The standard InChI is InChI=1S/C10H14BrNO2/c1-7(11)5-8(2)12-10(13)9-3-4-14-6-9/h3-4,6-8H,5H2,1-2H3,(H,12,13). The lowest BCUT2D eigenvalue weighted by molar-refractivity contribution is 0.0938. The maximum atomic E-state index is 11.5. The SMILES string of the molecule is CC(Br)CC(C)NC(=O)c1ccoc1. The van der Waals surface area contributed by atoms with Crippen LogP contribution in [0.25, 0.3) is 0 Å². The van der Waals surface area contributed by atoms with E-state index in [1.54, 1.807) is 6.07 Å². The minimum atomic E-state index is -0.0839. The van der Waals surface area contributed by atoms with E-state index in [4.69, 9.17) is 4.42 Å². The first-order valence-electron chi connectivity index (χ1n) is 4.56. The molecule has 0 aromatic carbocycles. The number of amides is 1. The molecule has 1 aromatic rings. The van der Waals surface area contributed by atoms with Crippen molar-refractivity contribution in [3.05, 3.63) is 24.2 Å². The number of carbonyl (C=O) groups excluding carboxylic acids is 1. The van der Waals surface area contributed by atoms with Crippen molar-refractivity contribution in [2.75, 3.05) is 0 Å². The molecule has 1 aromatic heterocycles. The summed E-state index contributed by atoms with van der Waals surface area (Å²) < 4.78 is 4.83. The third-order valence-corrected chi connectivity index (χ3v) is 2.21. The number of carbonyl (C=O) groups is 1. The number of hydrogen-bond acceptors (Lipinski definition) is 2. The Morgan fingerprint density at radius 1 is 1.64 bits per heavy atom. The zero-order valence-corrected chi connectivity index (χ0v) is 9.87. The van der Waals surface area contributed by atoms with E-state index < -0.39 is 0 Å². The number of rotatable bonds is 4. The van der Waals surface area contributed by atoms with Gasteiger partial charge < -0.3 is 9.73 Å². The molecule has 0 radical (unpaired) electrons. The largest absolute Gasteiger partial charge is 0.472 e. The predicted octanol–water partition coefficient (Wildman–Crippen LogP) is 2.57. The van der Waals surface area contributed by atoms with Gasteiger partial charge in [0.15, 0.2) is 0 Å².